The summed E-state index contributed by atoms with van der Waals surface area (Å²) in [6.07, 6.45) is 2.58. The number of hydrogen-bond donors (Lipinski definition) is 1. The molecule has 0 aliphatic carbocycles. The summed E-state index contributed by atoms with van der Waals surface area (Å²) >= 11 is 1.41. The molecule has 0 saturated carbocycles. The average Bonchev–Trinajstić information content (AvgIpc) is 2.67. The fraction of sp³-hybridized carbons (Fsp3) is 0.667. The van der Waals surface area contributed by atoms with Crippen LogP contribution in [0.25, 0.3) is 0 Å². The Hall–Kier alpha value is -0.520. The van der Waals surface area contributed by atoms with Crippen molar-refractivity contribution in [2.75, 3.05) is 26.3 Å². The quantitative estimate of drug-likeness (QED) is 0.675. The standard InChI is InChI=1S/C9H14N2O2S/c10-9(2-1-7-14-9)8(12)11-3-5-13-6-4-11/h1,7H,2-6,10H2. The third-order valence-electron chi connectivity index (χ3n) is 2.46. The van der Waals surface area contributed by atoms with E-state index in [0.717, 1.165) is 0 Å². The third kappa shape index (κ3) is 1.80. The highest BCUT2D eigenvalue weighted by atomic mass is 32.2. The van der Waals surface area contributed by atoms with E-state index in [1.54, 1.807) is 4.90 Å². The lowest BCUT2D eigenvalue weighted by molar-refractivity contribution is -0.137. The second-order valence-electron chi connectivity index (χ2n) is 3.49. The number of nitrogens with zero attached hydrogens (tertiary/aromatic N) is 1. The topological polar surface area (TPSA) is 55.6 Å². The van der Waals surface area contributed by atoms with Crippen LogP contribution in [0, 0.1) is 0 Å². The van der Waals surface area contributed by atoms with Gasteiger partial charge in [-0.15, -0.1) is 11.8 Å². The van der Waals surface area contributed by atoms with Crippen LogP contribution in [0.1, 0.15) is 6.42 Å². The third-order valence-corrected chi connectivity index (χ3v) is 3.55. The van der Waals surface area contributed by atoms with E-state index in [-0.39, 0.29) is 5.91 Å². The van der Waals surface area contributed by atoms with Gasteiger partial charge in [0.15, 0.2) is 0 Å². The number of amides is 1. The number of ether oxygens (including phenoxy) is 1. The Morgan fingerprint density at radius 3 is 2.79 bits per heavy atom. The largest absolute Gasteiger partial charge is 0.378 e. The van der Waals surface area contributed by atoms with Gasteiger partial charge >= 0.3 is 0 Å². The number of hydrogen-bond acceptors (Lipinski definition) is 4. The van der Waals surface area contributed by atoms with Crippen LogP contribution in [0.5, 0.6) is 0 Å². The summed E-state index contributed by atoms with van der Waals surface area (Å²) in [6.45, 7) is 2.58. The highest BCUT2D eigenvalue weighted by molar-refractivity contribution is 8.04. The average molecular weight is 214 g/mol. The molecule has 2 rings (SSSR count). The molecule has 0 bridgehead atoms. The van der Waals surface area contributed by atoms with Crippen LogP contribution >= 0.6 is 11.8 Å². The van der Waals surface area contributed by atoms with Gasteiger partial charge in [0.2, 0.25) is 0 Å². The molecule has 0 aromatic heterocycles. The Morgan fingerprint density at radius 2 is 2.21 bits per heavy atom. The fourth-order valence-electron chi connectivity index (χ4n) is 1.61. The van der Waals surface area contributed by atoms with Crippen LogP contribution in [0.4, 0.5) is 0 Å². The normalized spacial score (nSPS) is 32.2. The maximum atomic E-state index is 12.0. The lowest BCUT2D eigenvalue weighted by Gasteiger charge is -2.33. The van der Waals surface area contributed by atoms with Gasteiger partial charge in [0.1, 0.15) is 4.87 Å². The summed E-state index contributed by atoms with van der Waals surface area (Å²) < 4.78 is 5.19. The molecule has 1 saturated heterocycles. The van der Waals surface area contributed by atoms with Crippen LogP contribution in [-0.4, -0.2) is 42.0 Å². The molecule has 4 nitrogen and oxygen atoms in total. The first-order valence-corrected chi connectivity index (χ1v) is 5.59. The van der Waals surface area contributed by atoms with E-state index in [1.807, 2.05) is 11.5 Å². The number of rotatable bonds is 1. The van der Waals surface area contributed by atoms with Gasteiger partial charge in [-0.1, -0.05) is 6.08 Å². The predicted octanol–water partition coefficient (Wildman–Crippen LogP) is 0.151. The predicted molar refractivity (Wildman–Crippen MR) is 55.7 cm³/mol. The Bertz CT molecular complexity index is 254. The lowest BCUT2D eigenvalue weighted by atomic mass is 10.2. The van der Waals surface area contributed by atoms with Crippen LogP contribution in [-0.2, 0) is 9.53 Å². The summed E-state index contributed by atoms with van der Waals surface area (Å²) in [6, 6.07) is 0. The van der Waals surface area contributed by atoms with Crippen molar-refractivity contribution in [1.82, 2.24) is 4.90 Å². The molecule has 1 amide bonds. The molecule has 0 spiro atoms. The number of carbonyl (C=O) groups excluding carboxylic acids is 1. The maximum Gasteiger partial charge on any atom is 0.253 e. The zero-order chi connectivity index (χ0) is 10.0. The monoisotopic (exact) mass is 214 g/mol. The number of thioether (sulfide) groups is 1. The van der Waals surface area contributed by atoms with Crippen LogP contribution in [0.3, 0.4) is 0 Å². The van der Waals surface area contributed by atoms with Crippen molar-refractivity contribution >= 4 is 17.7 Å². The molecule has 5 heteroatoms. The summed E-state index contributed by atoms with van der Waals surface area (Å²) in [5, 5.41) is 1.90. The first kappa shape index (κ1) is 10.0. The minimum atomic E-state index is -0.753. The van der Waals surface area contributed by atoms with Gasteiger partial charge in [0.05, 0.1) is 13.2 Å². The van der Waals surface area contributed by atoms with Gasteiger partial charge in [-0.25, -0.2) is 0 Å². The molecule has 1 atom stereocenters. The molecular formula is C9H14N2O2S. The molecule has 2 N–H and O–H groups in total. The van der Waals surface area contributed by atoms with E-state index >= 15 is 0 Å². The van der Waals surface area contributed by atoms with Crippen molar-refractivity contribution in [2.45, 2.75) is 11.3 Å². The van der Waals surface area contributed by atoms with Crippen LogP contribution in [0.2, 0.25) is 0 Å². The van der Waals surface area contributed by atoms with Crippen molar-refractivity contribution in [3.63, 3.8) is 0 Å². The Balaban J connectivity index is 1.99. The van der Waals surface area contributed by atoms with Crippen LogP contribution in [0.15, 0.2) is 11.5 Å². The van der Waals surface area contributed by atoms with Crippen LogP contribution < -0.4 is 5.73 Å². The molecule has 78 valence electrons. The Labute approximate surface area is 87.5 Å². The molecule has 2 heterocycles. The van der Waals surface area contributed by atoms with Gasteiger partial charge in [0, 0.05) is 19.5 Å². The highest BCUT2D eigenvalue weighted by Crippen LogP contribution is 2.33. The molecule has 14 heavy (non-hydrogen) atoms. The second-order valence-corrected chi connectivity index (χ2v) is 4.72. The van der Waals surface area contributed by atoms with Gasteiger partial charge in [-0.05, 0) is 5.41 Å². The smallest absolute Gasteiger partial charge is 0.253 e. The number of morpholine rings is 1. The minimum absolute atomic E-state index is 0.0378. The fourth-order valence-corrected chi connectivity index (χ4v) is 2.47. The first-order chi connectivity index (χ1) is 6.72. The van der Waals surface area contributed by atoms with Crippen molar-refractivity contribution in [1.29, 1.82) is 0 Å². The van der Waals surface area contributed by atoms with E-state index in [2.05, 4.69) is 0 Å². The Kier molecular flexibility index (Phi) is 2.80. The summed E-state index contributed by atoms with van der Waals surface area (Å²) in [5.74, 6) is 0.0378. The summed E-state index contributed by atoms with van der Waals surface area (Å²) in [4.78, 5) is 13.0. The molecule has 0 aromatic rings. The molecule has 1 unspecified atom stereocenters. The van der Waals surface area contributed by atoms with E-state index in [0.29, 0.717) is 32.7 Å². The molecule has 0 radical (unpaired) electrons. The summed E-state index contributed by atoms with van der Waals surface area (Å²) in [5.41, 5.74) is 6.00. The van der Waals surface area contributed by atoms with Crippen molar-refractivity contribution in [2.24, 2.45) is 5.73 Å². The summed E-state index contributed by atoms with van der Waals surface area (Å²) in [7, 11) is 0. The molecule has 0 aromatic carbocycles. The van der Waals surface area contributed by atoms with E-state index in [4.69, 9.17) is 10.5 Å². The van der Waals surface area contributed by atoms with E-state index < -0.39 is 4.87 Å². The van der Waals surface area contributed by atoms with E-state index in [1.165, 1.54) is 11.8 Å². The van der Waals surface area contributed by atoms with Gasteiger partial charge < -0.3 is 15.4 Å². The number of carbonyl (C=O) groups is 1. The molecular weight excluding hydrogens is 200 g/mol. The van der Waals surface area contributed by atoms with Crippen molar-refractivity contribution < 1.29 is 9.53 Å². The minimum Gasteiger partial charge on any atom is -0.378 e. The zero-order valence-electron chi connectivity index (χ0n) is 7.94. The molecule has 2 aliphatic heterocycles. The SMILES string of the molecule is NC1(C(=O)N2CCOCC2)CC=CS1. The Morgan fingerprint density at radius 1 is 1.50 bits per heavy atom. The van der Waals surface area contributed by atoms with Crippen molar-refractivity contribution in [3.8, 4) is 0 Å². The van der Waals surface area contributed by atoms with Crippen molar-refractivity contribution in [3.05, 3.63) is 11.5 Å². The van der Waals surface area contributed by atoms with Gasteiger partial charge in [-0.2, -0.15) is 0 Å². The van der Waals surface area contributed by atoms with E-state index in [9.17, 15) is 4.79 Å². The second kappa shape index (κ2) is 3.92. The zero-order valence-corrected chi connectivity index (χ0v) is 8.76. The lowest BCUT2D eigenvalue weighted by Crippen LogP contribution is -2.54. The molecule has 2 aliphatic rings. The number of nitrogens with two attached hydrogens (primary N) is 1. The van der Waals surface area contributed by atoms with Gasteiger partial charge in [-0.3, -0.25) is 4.79 Å². The highest BCUT2D eigenvalue weighted by Gasteiger charge is 2.39. The molecule has 1 fully saturated rings. The first-order valence-electron chi connectivity index (χ1n) is 4.71. The van der Waals surface area contributed by atoms with Gasteiger partial charge in [0.25, 0.3) is 5.91 Å². The maximum absolute atomic E-state index is 12.0.